The molecule has 1 aliphatic heterocycles. The molecule has 3 rings (SSSR count). The number of hydrogen-bond donors (Lipinski definition) is 5. The molecule has 1 saturated heterocycles. The lowest BCUT2D eigenvalue weighted by Gasteiger charge is -2.19. The number of aromatic nitrogens is 2. The van der Waals surface area contributed by atoms with Crippen LogP contribution in [0, 0.1) is 6.92 Å². The van der Waals surface area contributed by atoms with Crippen molar-refractivity contribution in [1.29, 1.82) is 0 Å². The molecule has 16 heteroatoms. The van der Waals surface area contributed by atoms with Gasteiger partial charge in [0, 0.05) is 19.3 Å². The molecule has 2 heterocycles. The average Bonchev–Trinajstić information content (AvgIpc) is 3.02. The normalized spacial score (nSPS) is 24.9. The summed E-state index contributed by atoms with van der Waals surface area (Å²) in [6.07, 6.45) is -4.69. The lowest BCUT2D eigenvalue weighted by atomic mass is 10.1. The molecule has 1 aliphatic rings. The van der Waals surface area contributed by atoms with Crippen LogP contribution in [0.25, 0.3) is 0 Å². The molecule has 0 bridgehead atoms. The van der Waals surface area contributed by atoms with Crippen molar-refractivity contribution in [2.75, 3.05) is 12.5 Å². The maximum absolute atomic E-state index is 12.8. The average molecular weight is 535 g/mol. The Morgan fingerprint density at radius 3 is 2.51 bits per heavy atom. The Morgan fingerprint density at radius 1 is 1.14 bits per heavy atom. The van der Waals surface area contributed by atoms with E-state index in [0.717, 1.165) is 20.3 Å². The van der Waals surface area contributed by atoms with Crippen molar-refractivity contribution in [2.24, 2.45) is 12.2 Å². The smallest absolute Gasteiger partial charge is 0.340 e. The number of ether oxygens (including phenoxy) is 1. The van der Waals surface area contributed by atoms with Crippen molar-refractivity contribution < 1.29 is 48.1 Å². The fourth-order valence-corrected chi connectivity index (χ4v) is 5.98. The van der Waals surface area contributed by atoms with Gasteiger partial charge in [-0.25, -0.2) is 4.79 Å². The Labute approximate surface area is 199 Å². The minimum absolute atomic E-state index is 0.172. The predicted octanol–water partition coefficient (Wildman–Crippen LogP) is -0.516. The fraction of sp³-hybridized carbons (Fsp3) is 0.474. The number of nitrogens with zero attached hydrogens (tertiary/aromatic N) is 3. The highest BCUT2D eigenvalue weighted by atomic mass is 31.2. The van der Waals surface area contributed by atoms with E-state index in [0.29, 0.717) is 0 Å². The topological polar surface area (TPSA) is 202 Å². The van der Waals surface area contributed by atoms with Crippen LogP contribution < -0.4 is 11.2 Å². The van der Waals surface area contributed by atoms with E-state index in [4.69, 9.17) is 19.4 Å². The number of rotatable bonds is 9. The Morgan fingerprint density at radius 2 is 1.86 bits per heavy atom. The SMILES string of the molecule is Cc1cccc(CO/N=c2/ccn([C@@H]3O[C@H](COP(=O)(O)CP(=O)(O)O)[C@H](O)C3O)c(=O)n2C)c1. The molecule has 0 aliphatic carbocycles. The van der Waals surface area contributed by atoms with Crippen molar-refractivity contribution in [3.8, 4) is 0 Å². The largest absolute Gasteiger partial charge is 0.389 e. The second-order valence-electron chi connectivity index (χ2n) is 8.06. The highest BCUT2D eigenvalue weighted by Crippen LogP contribution is 2.55. The first kappa shape index (κ1) is 27.5. The van der Waals surface area contributed by atoms with Gasteiger partial charge >= 0.3 is 20.9 Å². The van der Waals surface area contributed by atoms with Crippen molar-refractivity contribution in [3.63, 3.8) is 0 Å². The summed E-state index contributed by atoms with van der Waals surface area (Å²) in [5, 5.41) is 24.6. The standard InChI is InChI=1S/C19H27N3O11P2/c1-12-4-3-5-13(8-12)9-31-20-15-6-7-22(19(25)21(15)2)18-17(24)16(23)14(33-18)10-32-35(29,30)11-34(26,27)28/h3-8,14,16-18,23-24H,9-11H2,1-2H3,(H,29,30)(H2,26,27,28)/b20-15-/t14-,16+,17?,18-/m1/s1. The van der Waals surface area contributed by atoms with Gasteiger partial charge in [-0.2, -0.15) is 0 Å². The Bertz CT molecular complexity index is 1270. The molecule has 0 spiro atoms. The summed E-state index contributed by atoms with van der Waals surface area (Å²) in [6.45, 7) is 1.36. The molecule has 2 unspecified atom stereocenters. The molecule has 14 nitrogen and oxygen atoms in total. The number of aliphatic hydroxyl groups is 2. The molecule has 1 fully saturated rings. The van der Waals surface area contributed by atoms with E-state index in [9.17, 15) is 29.0 Å². The van der Waals surface area contributed by atoms with Gasteiger partial charge in [-0.1, -0.05) is 35.0 Å². The molecule has 35 heavy (non-hydrogen) atoms. The summed E-state index contributed by atoms with van der Waals surface area (Å²) in [7, 11) is -8.13. The fourth-order valence-electron chi connectivity index (χ4n) is 3.41. The third-order valence-corrected chi connectivity index (χ3v) is 8.58. The summed E-state index contributed by atoms with van der Waals surface area (Å²) in [4.78, 5) is 45.4. The molecule has 194 valence electrons. The number of aliphatic hydroxyl groups excluding tert-OH is 2. The first-order valence-corrected chi connectivity index (χ1v) is 13.9. The third-order valence-electron chi connectivity index (χ3n) is 5.12. The minimum atomic E-state index is -4.84. The van der Waals surface area contributed by atoms with E-state index in [1.165, 1.54) is 19.3 Å². The molecule has 1 aromatic heterocycles. The molecule has 5 atom stereocenters. The summed E-state index contributed by atoms with van der Waals surface area (Å²) in [5.74, 6) is -1.42. The van der Waals surface area contributed by atoms with Gasteiger partial charge in [-0.3, -0.25) is 18.3 Å². The zero-order valence-corrected chi connectivity index (χ0v) is 20.6. The molecule has 1 aromatic carbocycles. The van der Waals surface area contributed by atoms with Gasteiger partial charge in [0.15, 0.2) is 17.6 Å². The maximum Gasteiger partial charge on any atom is 0.340 e. The van der Waals surface area contributed by atoms with E-state index in [1.54, 1.807) is 0 Å². The van der Waals surface area contributed by atoms with E-state index in [-0.39, 0.29) is 12.1 Å². The van der Waals surface area contributed by atoms with Gasteiger partial charge in [-0.15, -0.1) is 0 Å². The second kappa shape index (κ2) is 10.9. The van der Waals surface area contributed by atoms with Gasteiger partial charge in [0.2, 0.25) is 0 Å². The first-order chi connectivity index (χ1) is 16.3. The van der Waals surface area contributed by atoms with Crippen LogP contribution in [0.3, 0.4) is 0 Å². The molecule has 0 radical (unpaired) electrons. The zero-order chi connectivity index (χ0) is 26.0. The number of aryl methyl sites for hydroxylation is 1. The predicted molar refractivity (Wildman–Crippen MR) is 120 cm³/mol. The van der Waals surface area contributed by atoms with Crippen molar-refractivity contribution in [2.45, 2.75) is 38.1 Å². The van der Waals surface area contributed by atoms with Crippen LogP contribution in [0.2, 0.25) is 0 Å². The minimum Gasteiger partial charge on any atom is -0.389 e. The van der Waals surface area contributed by atoms with Crippen molar-refractivity contribution in [3.05, 3.63) is 63.6 Å². The summed E-state index contributed by atoms with van der Waals surface area (Å²) >= 11 is 0. The number of benzene rings is 1. The lowest BCUT2D eigenvalue weighted by Crippen LogP contribution is -2.42. The van der Waals surface area contributed by atoms with E-state index in [2.05, 4.69) is 9.68 Å². The summed E-state index contributed by atoms with van der Waals surface area (Å²) < 4.78 is 35.0. The molecule has 2 aromatic rings. The number of hydrogen-bond acceptors (Lipinski definition) is 9. The zero-order valence-electron chi connectivity index (χ0n) is 18.8. The van der Waals surface area contributed by atoms with E-state index >= 15 is 0 Å². The molecule has 0 saturated carbocycles. The highest BCUT2D eigenvalue weighted by molar-refractivity contribution is 7.70. The van der Waals surface area contributed by atoms with Gasteiger partial charge in [0.05, 0.1) is 6.61 Å². The Balaban J connectivity index is 1.71. The van der Waals surface area contributed by atoms with Crippen LogP contribution in [0.5, 0.6) is 0 Å². The van der Waals surface area contributed by atoms with Crippen molar-refractivity contribution in [1.82, 2.24) is 9.13 Å². The molecule has 5 N–H and O–H groups in total. The summed E-state index contributed by atoms with van der Waals surface area (Å²) in [6, 6.07) is 9.04. The van der Waals surface area contributed by atoms with Crippen LogP contribution in [-0.4, -0.2) is 64.8 Å². The molecular formula is C19H27N3O11P2. The van der Waals surface area contributed by atoms with Gasteiger partial charge in [0.25, 0.3) is 0 Å². The van der Waals surface area contributed by atoms with Crippen molar-refractivity contribution >= 4 is 15.2 Å². The van der Waals surface area contributed by atoms with Gasteiger partial charge in [0.1, 0.15) is 24.9 Å². The maximum atomic E-state index is 12.8. The van der Waals surface area contributed by atoms with E-state index in [1.807, 2.05) is 31.2 Å². The highest BCUT2D eigenvalue weighted by Gasteiger charge is 2.45. The monoisotopic (exact) mass is 535 g/mol. The third kappa shape index (κ3) is 7.20. The summed E-state index contributed by atoms with van der Waals surface area (Å²) in [5.41, 5.74) is 1.45. The molecular weight excluding hydrogens is 508 g/mol. The van der Waals surface area contributed by atoms with E-state index < -0.39 is 57.9 Å². The molecule has 0 amide bonds. The van der Waals surface area contributed by atoms with Gasteiger partial charge in [-0.05, 0) is 12.5 Å². The Hall–Kier alpha value is -2.12. The van der Waals surface area contributed by atoms with Gasteiger partial charge < -0.3 is 39.0 Å². The van der Waals surface area contributed by atoms with Crippen LogP contribution in [0.4, 0.5) is 0 Å². The quantitative estimate of drug-likeness (QED) is 0.204. The first-order valence-electron chi connectivity index (χ1n) is 10.3. The van der Waals surface area contributed by atoms with Crippen LogP contribution in [-0.2, 0) is 36.9 Å². The van der Waals surface area contributed by atoms with Crippen LogP contribution in [0.15, 0.2) is 46.5 Å². The lowest BCUT2D eigenvalue weighted by molar-refractivity contribution is -0.0530. The Kier molecular flexibility index (Phi) is 8.53. The van der Waals surface area contributed by atoms with Crippen LogP contribution >= 0.6 is 15.2 Å². The second-order valence-corrected chi connectivity index (χ2v) is 12.1. The van der Waals surface area contributed by atoms with Crippen LogP contribution in [0.1, 0.15) is 17.4 Å².